The molecule has 0 saturated carbocycles. The Morgan fingerprint density at radius 3 is 2.29 bits per heavy atom. The Bertz CT molecular complexity index is 1220. The quantitative estimate of drug-likeness (QED) is 0.291. The average molecular weight is 480 g/mol. The number of nitrogens with zero attached hydrogens (tertiary/aromatic N) is 3. The van der Waals surface area contributed by atoms with E-state index in [1.54, 1.807) is 48.5 Å². The van der Waals surface area contributed by atoms with Gasteiger partial charge in [-0.3, -0.25) is 4.79 Å². The molecule has 0 atom stereocenters. The van der Waals surface area contributed by atoms with Crippen molar-refractivity contribution in [2.45, 2.75) is 0 Å². The molecular weight excluding hydrogens is 465 g/mol. The van der Waals surface area contributed by atoms with E-state index in [1.807, 2.05) is 18.2 Å². The smallest absolute Gasteiger partial charge is 0.378 e. The molecule has 0 unspecified atom stereocenters. The minimum Gasteiger partial charge on any atom is -0.451 e. The summed E-state index contributed by atoms with van der Waals surface area (Å²) in [4.78, 5) is 29.1. The topological polar surface area (TPSA) is 74.1 Å². The molecule has 4 aromatic rings. The van der Waals surface area contributed by atoms with Crippen LogP contribution in [0.4, 0.5) is 4.39 Å². The summed E-state index contributed by atoms with van der Waals surface area (Å²) in [6, 6.07) is 21.5. The van der Waals surface area contributed by atoms with Gasteiger partial charge in [0.15, 0.2) is 18.2 Å². The van der Waals surface area contributed by atoms with Crippen molar-refractivity contribution in [2.24, 2.45) is 0 Å². The highest BCUT2D eigenvalue weighted by atomic mass is 79.9. The number of hydrogen-bond acceptors (Lipinski definition) is 5. The lowest BCUT2D eigenvalue weighted by atomic mass is 10.1. The molecule has 0 radical (unpaired) electrons. The molecule has 0 spiro atoms. The molecule has 3 aromatic carbocycles. The Kier molecular flexibility index (Phi) is 5.99. The third-order valence-corrected chi connectivity index (χ3v) is 4.92. The highest BCUT2D eigenvalue weighted by molar-refractivity contribution is 9.10. The molecule has 0 amide bonds. The number of ketones is 1. The number of halogens is 2. The van der Waals surface area contributed by atoms with Crippen molar-refractivity contribution in [2.75, 3.05) is 6.61 Å². The number of para-hydroxylation sites is 1. The Morgan fingerprint density at radius 1 is 0.935 bits per heavy atom. The molecule has 0 saturated heterocycles. The maximum atomic E-state index is 13.3. The summed E-state index contributed by atoms with van der Waals surface area (Å²) in [7, 11) is 0. The highest BCUT2D eigenvalue weighted by Crippen LogP contribution is 2.22. The molecule has 4 rings (SSSR count). The van der Waals surface area contributed by atoms with Crippen molar-refractivity contribution in [3.8, 4) is 17.1 Å². The number of carbonyl (C=O) groups excluding carboxylic acids is 2. The van der Waals surface area contributed by atoms with Crippen LogP contribution in [0, 0.1) is 5.82 Å². The molecule has 0 bridgehead atoms. The van der Waals surface area contributed by atoms with E-state index >= 15 is 0 Å². The van der Waals surface area contributed by atoms with Crippen LogP contribution in [-0.4, -0.2) is 33.1 Å². The SMILES string of the molecule is O=C(COC(=O)c1nc(-c2ccc(F)cc2)n(-c2ccccc2)n1)c1ccc(Br)cc1. The molecule has 154 valence electrons. The lowest BCUT2D eigenvalue weighted by molar-refractivity contribution is 0.0462. The zero-order valence-electron chi connectivity index (χ0n) is 16.0. The van der Waals surface area contributed by atoms with E-state index in [0.717, 1.165) is 4.47 Å². The fraction of sp³-hybridized carbons (Fsp3) is 0.0435. The zero-order chi connectivity index (χ0) is 21.8. The van der Waals surface area contributed by atoms with Crippen molar-refractivity contribution in [3.05, 3.63) is 101 Å². The molecule has 1 aromatic heterocycles. The number of ether oxygens (including phenoxy) is 1. The molecule has 8 heteroatoms. The van der Waals surface area contributed by atoms with E-state index in [0.29, 0.717) is 22.6 Å². The molecule has 0 fully saturated rings. The summed E-state index contributed by atoms with van der Waals surface area (Å²) < 4.78 is 20.8. The lowest BCUT2D eigenvalue weighted by Crippen LogP contribution is -2.15. The van der Waals surface area contributed by atoms with Gasteiger partial charge in [0.2, 0.25) is 0 Å². The van der Waals surface area contributed by atoms with Crippen molar-refractivity contribution < 1.29 is 18.7 Å². The first-order valence-electron chi connectivity index (χ1n) is 9.25. The minimum atomic E-state index is -0.830. The van der Waals surface area contributed by atoms with Crippen LogP contribution in [0.5, 0.6) is 0 Å². The minimum absolute atomic E-state index is 0.202. The average Bonchev–Trinajstić information content (AvgIpc) is 3.24. The van der Waals surface area contributed by atoms with Gasteiger partial charge in [-0.05, 0) is 48.5 Å². The summed E-state index contributed by atoms with van der Waals surface area (Å²) in [6.07, 6.45) is 0. The summed E-state index contributed by atoms with van der Waals surface area (Å²) in [5.41, 5.74) is 1.66. The first-order chi connectivity index (χ1) is 15.0. The maximum Gasteiger partial charge on any atom is 0.378 e. The molecule has 6 nitrogen and oxygen atoms in total. The van der Waals surface area contributed by atoms with E-state index < -0.39 is 12.6 Å². The fourth-order valence-electron chi connectivity index (χ4n) is 2.85. The van der Waals surface area contributed by atoms with Crippen LogP contribution < -0.4 is 0 Å². The van der Waals surface area contributed by atoms with Gasteiger partial charge in [-0.15, -0.1) is 5.10 Å². The van der Waals surface area contributed by atoms with Crippen LogP contribution in [0.2, 0.25) is 0 Å². The van der Waals surface area contributed by atoms with Crippen LogP contribution in [0.1, 0.15) is 21.0 Å². The first-order valence-corrected chi connectivity index (χ1v) is 10.0. The molecule has 0 aliphatic heterocycles. The lowest BCUT2D eigenvalue weighted by Gasteiger charge is -2.05. The first kappa shape index (κ1) is 20.6. The normalized spacial score (nSPS) is 10.6. The third kappa shape index (κ3) is 4.75. The monoisotopic (exact) mass is 479 g/mol. The summed E-state index contributed by atoms with van der Waals surface area (Å²) in [5.74, 6) is -1.42. The van der Waals surface area contributed by atoms with Crippen LogP contribution in [0.15, 0.2) is 83.3 Å². The van der Waals surface area contributed by atoms with E-state index in [-0.39, 0.29) is 17.4 Å². The summed E-state index contributed by atoms with van der Waals surface area (Å²) in [6.45, 7) is -0.438. The largest absolute Gasteiger partial charge is 0.451 e. The van der Waals surface area contributed by atoms with Crippen LogP contribution in [-0.2, 0) is 4.74 Å². The van der Waals surface area contributed by atoms with E-state index in [2.05, 4.69) is 26.0 Å². The van der Waals surface area contributed by atoms with Gasteiger partial charge in [0.1, 0.15) is 5.82 Å². The van der Waals surface area contributed by atoms with Gasteiger partial charge < -0.3 is 4.74 Å². The van der Waals surface area contributed by atoms with E-state index in [1.165, 1.54) is 16.8 Å². The molecule has 0 N–H and O–H groups in total. The Morgan fingerprint density at radius 2 is 1.61 bits per heavy atom. The molecule has 31 heavy (non-hydrogen) atoms. The van der Waals surface area contributed by atoms with Crippen molar-refractivity contribution in [3.63, 3.8) is 0 Å². The second kappa shape index (κ2) is 9.01. The number of Topliss-reactive ketones (excluding diaryl/α,β-unsaturated/α-hetero) is 1. The van der Waals surface area contributed by atoms with Gasteiger partial charge in [-0.1, -0.05) is 46.3 Å². The number of carbonyl (C=O) groups is 2. The van der Waals surface area contributed by atoms with Crippen LogP contribution in [0.25, 0.3) is 17.1 Å². The molecule has 1 heterocycles. The Hall–Kier alpha value is -3.65. The predicted octanol–water partition coefficient (Wildman–Crippen LogP) is 4.88. The number of benzene rings is 3. The summed E-state index contributed by atoms with van der Waals surface area (Å²) >= 11 is 3.30. The number of esters is 1. The number of rotatable bonds is 6. The highest BCUT2D eigenvalue weighted by Gasteiger charge is 2.21. The second-order valence-corrected chi connectivity index (χ2v) is 7.44. The molecular formula is C23H15BrFN3O3. The van der Waals surface area contributed by atoms with Gasteiger partial charge in [-0.25, -0.2) is 18.9 Å². The maximum absolute atomic E-state index is 13.3. The van der Waals surface area contributed by atoms with Gasteiger partial charge in [0.25, 0.3) is 5.82 Å². The van der Waals surface area contributed by atoms with Gasteiger partial charge in [0, 0.05) is 15.6 Å². The van der Waals surface area contributed by atoms with Crippen LogP contribution in [0.3, 0.4) is 0 Å². The standard InChI is InChI=1S/C23H15BrFN3O3/c24-17-10-6-15(7-11-17)20(29)14-31-23(30)21-26-22(16-8-12-18(25)13-9-16)28(27-21)19-4-2-1-3-5-19/h1-13H,14H2. The summed E-state index contributed by atoms with van der Waals surface area (Å²) in [5, 5.41) is 4.26. The molecule has 0 aliphatic rings. The second-order valence-electron chi connectivity index (χ2n) is 6.52. The Balaban J connectivity index is 1.59. The van der Waals surface area contributed by atoms with Crippen molar-refractivity contribution in [1.29, 1.82) is 0 Å². The van der Waals surface area contributed by atoms with Gasteiger partial charge in [0.05, 0.1) is 5.69 Å². The molecule has 0 aliphatic carbocycles. The van der Waals surface area contributed by atoms with Crippen LogP contribution >= 0.6 is 15.9 Å². The van der Waals surface area contributed by atoms with Crippen molar-refractivity contribution in [1.82, 2.24) is 14.8 Å². The van der Waals surface area contributed by atoms with E-state index in [4.69, 9.17) is 4.74 Å². The zero-order valence-corrected chi connectivity index (χ0v) is 17.6. The Labute approximate surface area is 185 Å². The number of hydrogen-bond donors (Lipinski definition) is 0. The van der Waals surface area contributed by atoms with Gasteiger partial charge in [-0.2, -0.15) is 0 Å². The third-order valence-electron chi connectivity index (χ3n) is 4.39. The van der Waals surface area contributed by atoms with Crippen molar-refractivity contribution >= 4 is 27.7 Å². The van der Waals surface area contributed by atoms with Gasteiger partial charge >= 0.3 is 5.97 Å². The fourth-order valence-corrected chi connectivity index (χ4v) is 3.11. The predicted molar refractivity (Wildman–Crippen MR) is 116 cm³/mol. The van der Waals surface area contributed by atoms with E-state index in [9.17, 15) is 14.0 Å². The number of aromatic nitrogens is 3.